The van der Waals surface area contributed by atoms with Gasteiger partial charge < -0.3 is 5.32 Å². The molecule has 0 bridgehead atoms. The molecule has 17 heavy (non-hydrogen) atoms. The second kappa shape index (κ2) is 4.84. The average molecular weight is 265 g/mol. The summed E-state index contributed by atoms with van der Waals surface area (Å²) in [6.07, 6.45) is 5.03. The average Bonchev–Trinajstić information content (AvgIpc) is 2.95. The fraction of sp³-hybridized carbons (Fsp3) is 0.417. The zero-order valence-electron chi connectivity index (χ0n) is 9.64. The lowest BCUT2D eigenvalue weighted by Gasteiger charge is -2.27. The summed E-state index contributed by atoms with van der Waals surface area (Å²) < 4.78 is 1.48. The summed E-state index contributed by atoms with van der Waals surface area (Å²) in [4.78, 5) is 0. The van der Waals surface area contributed by atoms with Gasteiger partial charge in [-0.25, -0.2) is 0 Å². The molecule has 3 rings (SSSR count). The zero-order valence-corrected chi connectivity index (χ0v) is 11.3. The van der Waals surface area contributed by atoms with Crippen molar-refractivity contribution in [3.05, 3.63) is 35.0 Å². The van der Waals surface area contributed by atoms with Crippen LogP contribution in [0.1, 0.15) is 30.5 Å². The van der Waals surface area contributed by atoms with E-state index < -0.39 is 0 Å². The highest BCUT2D eigenvalue weighted by atomic mass is 32.2. The Kier molecular flexibility index (Phi) is 3.22. The van der Waals surface area contributed by atoms with Gasteiger partial charge in [0.1, 0.15) is 0 Å². The molecule has 2 aromatic heterocycles. The van der Waals surface area contributed by atoms with Crippen LogP contribution in [0.2, 0.25) is 0 Å². The maximum Gasteiger partial charge on any atom is 0.0649 e. The molecule has 2 atom stereocenters. The minimum atomic E-state index is 0.488. The fourth-order valence-electron chi connectivity index (χ4n) is 2.16. The molecule has 2 N–H and O–H groups in total. The third-order valence-electron chi connectivity index (χ3n) is 3.02. The number of thiophene rings is 1. The number of hydrogen-bond donors (Lipinski definition) is 2. The molecule has 1 aliphatic rings. The monoisotopic (exact) mass is 265 g/mol. The van der Waals surface area contributed by atoms with Gasteiger partial charge in [-0.1, -0.05) is 6.92 Å². The molecule has 1 aliphatic heterocycles. The number of hydrogen-bond acceptors (Lipinski definition) is 4. The van der Waals surface area contributed by atoms with E-state index in [0.717, 1.165) is 6.54 Å². The Labute approximate surface area is 109 Å². The van der Waals surface area contributed by atoms with Crippen LogP contribution in [-0.4, -0.2) is 15.4 Å². The van der Waals surface area contributed by atoms with Gasteiger partial charge in [-0.2, -0.15) is 5.10 Å². The minimum absolute atomic E-state index is 0.488. The minimum Gasteiger partial charge on any atom is -0.306 e. The van der Waals surface area contributed by atoms with Gasteiger partial charge in [0.25, 0.3) is 0 Å². The van der Waals surface area contributed by atoms with Crippen LogP contribution in [0.4, 0.5) is 0 Å². The molecule has 0 aromatic carbocycles. The Hall–Kier alpha value is -0.780. The highest BCUT2D eigenvalue weighted by Gasteiger charge is 2.25. The molecule has 0 saturated carbocycles. The summed E-state index contributed by atoms with van der Waals surface area (Å²) in [5, 5.41) is 13.3. The fourth-order valence-corrected chi connectivity index (χ4v) is 4.72. The molecule has 3 nitrogen and oxygen atoms in total. The molecule has 3 heterocycles. The Morgan fingerprint density at radius 2 is 2.53 bits per heavy atom. The van der Waals surface area contributed by atoms with Crippen molar-refractivity contribution in [3.8, 4) is 0 Å². The van der Waals surface area contributed by atoms with Crippen LogP contribution in [0, 0.1) is 0 Å². The molecule has 0 fully saturated rings. The molecule has 0 aliphatic carbocycles. The van der Waals surface area contributed by atoms with Gasteiger partial charge in [0, 0.05) is 29.6 Å². The highest BCUT2D eigenvalue weighted by molar-refractivity contribution is 8.01. The van der Waals surface area contributed by atoms with Crippen LogP contribution in [0.5, 0.6) is 0 Å². The lowest BCUT2D eigenvalue weighted by Crippen LogP contribution is -2.25. The Morgan fingerprint density at radius 1 is 1.59 bits per heavy atom. The number of fused-ring (bicyclic) bond motifs is 1. The molecule has 90 valence electrons. The molecule has 2 aromatic rings. The van der Waals surface area contributed by atoms with E-state index in [1.54, 1.807) is 0 Å². The number of nitrogens with one attached hydrogen (secondary N) is 2. The van der Waals surface area contributed by atoms with E-state index in [4.69, 9.17) is 0 Å². The molecular weight excluding hydrogens is 250 g/mol. The normalized spacial score (nSPS) is 23.6. The van der Waals surface area contributed by atoms with Gasteiger partial charge in [0.15, 0.2) is 0 Å². The topological polar surface area (TPSA) is 40.7 Å². The lowest BCUT2D eigenvalue weighted by molar-refractivity contribution is 0.488. The van der Waals surface area contributed by atoms with Crippen molar-refractivity contribution in [2.45, 2.75) is 35.4 Å². The number of thioether (sulfide) groups is 1. The highest BCUT2D eigenvalue weighted by Crippen LogP contribution is 2.43. The Morgan fingerprint density at radius 3 is 3.35 bits per heavy atom. The van der Waals surface area contributed by atoms with Gasteiger partial charge in [-0.3, -0.25) is 5.10 Å². The molecule has 0 amide bonds. The van der Waals surface area contributed by atoms with Gasteiger partial charge >= 0.3 is 0 Å². The van der Waals surface area contributed by atoms with Gasteiger partial charge in [0.05, 0.1) is 10.4 Å². The number of aromatic nitrogens is 2. The van der Waals surface area contributed by atoms with Crippen LogP contribution in [0.3, 0.4) is 0 Å². The number of nitrogens with zero attached hydrogens (tertiary/aromatic N) is 1. The van der Waals surface area contributed by atoms with Crippen LogP contribution in [0.25, 0.3) is 0 Å². The molecule has 0 spiro atoms. The summed E-state index contributed by atoms with van der Waals surface area (Å²) in [7, 11) is 0. The second-order valence-electron chi connectivity index (χ2n) is 4.37. The van der Waals surface area contributed by atoms with Crippen LogP contribution in [-0.2, 0) is 6.54 Å². The predicted molar refractivity (Wildman–Crippen MR) is 72.4 cm³/mol. The smallest absolute Gasteiger partial charge is 0.0649 e. The molecular formula is C12H15N3S2. The second-order valence-corrected chi connectivity index (χ2v) is 6.99. The standard InChI is InChI=1S/C12H15N3S2/c1-8-4-11(10-2-3-16-12(10)17-8)13-5-9-6-14-15-7-9/h2-3,6-8,11,13H,4-5H2,1H3,(H,14,15)/t8-,11?/m0/s1. The van der Waals surface area contributed by atoms with Gasteiger partial charge in [-0.15, -0.1) is 23.1 Å². The quantitative estimate of drug-likeness (QED) is 0.895. The van der Waals surface area contributed by atoms with Crippen LogP contribution in [0.15, 0.2) is 28.0 Å². The number of aromatic amines is 1. The number of rotatable bonds is 3. The van der Waals surface area contributed by atoms with Crippen molar-refractivity contribution in [1.29, 1.82) is 0 Å². The van der Waals surface area contributed by atoms with Gasteiger partial charge in [0.2, 0.25) is 0 Å². The lowest BCUT2D eigenvalue weighted by atomic mass is 10.0. The molecule has 0 saturated heterocycles. The van der Waals surface area contributed by atoms with Crippen molar-refractivity contribution >= 4 is 23.1 Å². The first-order chi connectivity index (χ1) is 8.33. The van der Waals surface area contributed by atoms with Crippen LogP contribution < -0.4 is 5.32 Å². The predicted octanol–water partition coefficient (Wildman–Crippen LogP) is 3.19. The van der Waals surface area contributed by atoms with E-state index >= 15 is 0 Å². The largest absolute Gasteiger partial charge is 0.306 e. The summed E-state index contributed by atoms with van der Waals surface area (Å²) in [6, 6.07) is 2.74. The van der Waals surface area contributed by atoms with Crippen molar-refractivity contribution < 1.29 is 0 Å². The van der Waals surface area contributed by atoms with E-state index in [1.807, 2.05) is 35.5 Å². The SMILES string of the molecule is C[C@H]1CC(NCc2cn[nH]c2)c2ccsc2S1. The summed E-state index contributed by atoms with van der Waals surface area (Å²) in [5.74, 6) is 0. The summed E-state index contributed by atoms with van der Waals surface area (Å²) in [5.41, 5.74) is 2.69. The molecule has 0 radical (unpaired) electrons. The van der Waals surface area contributed by atoms with Gasteiger partial charge in [-0.05, 0) is 23.4 Å². The third-order valence-corrected chi connectivity index (χ3v) is 5.36. The first-order valence-electron chi connectivity index (χ1n) is 5.78. The van der Waals surface area contributed by atoms with Crippen molar-refractivity contribution in [2.75, 3.05) is 0 Å². The van der Waals surface area contributed by atoms with Crippen molar-refractivity contribution in [2.24, 2.45) is 0 Å². The van der Waals surface area contributed by atoms with Crippen molar-refractivity contribution in [3.63, 3.8) is 0 Å². The maximum absolute atomic E-state index is 3.97. The number of H-pyrrole nitrogens is 1. The first kappa shape index (κ1) is 11.3. The third kappa shape index (κ3) is 2.41. The van der Waals surface area contributed by atoms with E-state index in [0.29, 0.717) is 11.3 Å². The Balaban J connectivity index is 1.71. The molecule has 5 heteroatoms. The van der Waals surface area contributed by atoms with E-state index in [1.165, 1.54) is 21.8 Å². The summed E-state index contributed by atoms with van der Waals surface area (Å²) in [6.45, 7) is 3.19. The molecule has 1 unspecified atom stereocenters. The Bertz CT molecular complexity index is 478. The van der Waals surface area contributed by atoms with E-state index in [2.05, 4.69) is 33.9 Å². The van der Waals surface area contributed by atoms with Crippen molar-refractivity contribution in [1.82, 2.24) is 15.5 Å². The van der Waals surface area contributed by atoms with Crippen LogP contribution >= 0.6 is 23.1 Å². The zero-order chi connectivity index (χ0) is 11.7. The van der Waals surface area contributed by atoms with E-state index in [-0.39, 0.29) is 0 Å². The first-order valence-corrected chi connectivity index (χ1v) is 7.54. The van der Waals surface area contributed by atoms with E-state index in [9.17, 15) is 0 Å². The maximum atomic E-state index is 3.97. The summed E-state index contributed by atoms with van der Waals surface area (Å²) >= 11 is 3.87.